The van der Waals surface area contributed by atoms with Crippen molar-refractivity contribution in [2.24, 2.45) is 5.92 Å². The van der Waals surface area contributed by atoms with Crippen LogP contribution in [0.2, 0.25) is 0 Å². The normalized spacial score (nSPS) is 21.8. The van der Waals surface area contributed by atoms with Gasteiger partial charge in [0.05, 0.1) is 35.0 Å². The van der Waals surface area contributed by atoms with Gasteiger partial charge in [0.25, 0.3) is 0 Å². The molecule has 44 heavy (non-hydrogen) atoms. The molecule has 4 aliphatic rings. The lowest BCUT2D eigenvalue weighted by Gasteiger charge is -2.34. The molecule has 0 fully saturated rings. The summed E-state index contributed by atoms with van der Waals surface area (Å²) in [7, 11) is 0. The molecule has 3 aromatic carbocycles. The first-order valence-corrected chi connectivity index (χ1v) is 16.9. The molecule has 0 radical (unpaired) electrons. The highest BCUT2D eigenvalue weighted by atomic mass is 32.1. The summed E-state index contributed by atoms with van der Waals surface area (Å²) in [4.78, 5) is 3.97. The van der Waals surface area contributed by atoms with E-state index in [0.29, 0.717) is 17.4 Å². The Hall–Kier alpha value is -4.68. The fourth-order valence-electron chi connectivity index (χ4n) is 7.89. The van der Waals surface area contributed by atoms with Crippen molar-refractivity contribution in [3.05, 3.63) is 123 Å². The van der Waals surface area contributed by atoms with Gasteiger partial charge in [-0.2, -0.15) is 10.5 Å². The Morgan fingerprint density at radius 2 is 1.82 bits per heavy atom. The molecule has 1 aliphatic heterocycles. The van der Waals surface area contributed by atoms with Crippen LogP contribution < -0.4 is 4.90 Å². The summed E-state index contributed by atoms with van der Waals surface area (Å²) in [6.45, 7) is 2.34. The smallest absolute Gasteiger partial charge is 0.0998 e. The van der Waals surface area contributed by atoms with Crippen LogP contribution in [0, 0.1) is 28.6 Å². The fourth-order valence-corrected chi connectivity index (χ4v) is 10.4. The second-order valence-corrected chi connectivity index (χ2v) is 14.3. The van der Waals surface area contributed by atoms with Gasteiger partial charge in [-0.1, -0.05) is 55.5 Å². The third-order valence-electron chi connectivity index (χ3n) is 9.75. The van der Waals surface area contributed by atoms with Crippen LogP contribution in [0.1, 0.15) is 59.2 Å². The Balaban J connectivity index is 1.28. The van der Waals surface area contributed by atoms with Crippen molar-refractivity contribution in [3.63, 3.8) is 0 Å². The molecule has 0 amide bonds. The van der Waals surface area contributed by atoms with Crippen LogP contribution in [0.15, 0.2) is 96.3 Å². The van der Waals surface area contributed by atoms with Gasteiger partial charge in [-0.15, -0.1) is 22.7 Å². The summed E-state index contributed by atoms with van der Waals surface area (Å²) < 4.78 is 3.80. The molecule has 5 aromatic rings. The molecule has 0 saturated carbocycles. The molecule has 3 nitrogen and oxygen atoms in total. The lowest BCUT2D eigenvalue weighted by Crippen LogP contribution is -2.33. The molecule has 0 spiro atoms. The molecule has 9 rings (SSSR count). The lowest BCUT2D eigenvalue weighted by atomic mass is 9.83. The number of fused-ring (bicyclic) bond motifs is 9. The van der Waals surface area contributed by atoms with Gasteiger partial charge in [-0.25, -0.2) is 0 Å². The van der Waals surface area contributed by atoms with Gasteiger partial charge in [-0.05, 0) is 84.4 Å². The van der Waals surface area contributed by atoms with Crippen LogP contribution >= 0.6 is 22.7 Å². The minimum Gasteiger partial charge on any atom is -0.336 e. The second-order valence-electron chi connectivity index (χ2n) is 12.2. The Morgan fingerprint density at radius 3 is 2.70 bits per heavy atom. The van der Waals surface area contributed by atoms with Crippen LogP contribution in [0.25, 0.3) is 41.9 Å². The number of rotatable bonds is 2. The molecule has 3 aliphatic carbocycles. The number of allylic oxidation sites excluding steroid dienone is 6. The first kappa shape index (κ1) is 25.8. The van der Waals surface area contributed by atoms with E-state index in [9.17, 15) is 10.5 Å². The van der Waals surface area contributed by atoms with Gasteiger partial charge in [0.15, 0.2) is 0 Å². The molecule has 210 valence electrons. The molecule has 3 atom stereocenters. The van der Waals surface area contributed by atoms with Crippen LogP contribution in [0.4, 0.5) is 5.69 Å². The maximum atomic E-state index is 10.5. The average Bonchev–Trinajstić information content (AvgIpc) is 3.73. The predicted molar refractivity (Wildman–Crippen MR) is 185 cm³/mol. The van der Waals surface area contributed by atoms with Gasteiger partial charge in [0, 0.05) is 52.3 Å². The van der Waals surface area contributed by atoms with Gasteiger partial charge in [-0.3, -0.25) is 0 Å². The monoisotopic (exact) mass is 601 g/mol. The minimum absolute atomic E-state index is 0.219. The highest BCUT2D eigenvalue weighted by Crippen LogP contribution is 2.53. The van der Waals surface area contributed by atoms with Crippen LogP contribution in [-0.4, -0.2) is 6.04 Å². The van der Waals surface area contributed by atoms with Crippen molar-refractivity contribution in [3.8, 4) is 12.1 Å². The fraction of sp³-hybridized carbons (Fsp3) is 0.179. The van der Waals surface area contributed by atoms with Gasteiger partial charge >= 0.3 is 0 Å². The standard InChI is InChI=1S/C39H27N3S2/c1-22-17-25(19-30-37-35(44-38(22)30)16-14-28-29-18-23(20-40)13-15-34(29)43-39(28)37)36-24(21-41)7-6-12-33(36)42-31-10-4-2-8-26(31)27-9-3-5-11-32(27)42/h2-4,6-10,12-16,18-19,22,26,31H,5,11,17H2,1H3. The second kappa shape index (κ2) is 9.66. The summed E-state index contributed by atoms with van der Waals surface area (Å²) in [5, 5.41) is 23.7. The molecule has 0 saturated heterocycles. The molecular formula is C39H27N3S2. The van der Waals surface area contributed by atoms with Crippen LogP contribution in [-0.2, 0) is 0 Å². The Labute approximate surface area is 264 Å². The Kier molecular flexibility index (Phi) is 5.66. The van der Waals surface area contributed by atoms with Crippen molar-refractivity contribution in [1.29, 1.82) is 10.5 Å². The highest BCUT2D eigenvalue weighted by molar-refractivity contribution is 7.28. The van der Waals surface area contributed by atoms with E-state index in [1.807, 2.05) is 40.9 Å². The van der Waals surface area contributed by atoms with E-state index < -0.39 is 0 Å². The average molecular weight is 602 g/mol. The first-order valence-electron chi connectivity index (χ1n) is 15.2. The van der Waals surface area contributed by atoms with E-state index in [-0.39, 0.29) is 6.04 Å². The van der Waals surface area contributed by atoms with E-state index >= 15 is 0 Å². The third-order valence-corrected chi connectivity index (χ3v) is 12.4. The molecule has 0 N–H and O–H groups in total. The van der Waals surface area contributed by atoms with Crippen molar-refractivity contribution < 1.29 is 0 Å². The van der Waals surface area contributed by atoms with Crippen molar-refractivity contribution in [2.75, 3.05) is 4.90 Å². The predicted octanol–water partition coefficient (Wildman–Crippen LogP) is 10.6. The van der Waals surface area contributed by atoms with Crippen molar-refractivity contribution in [2.45, 2.75) is 38.1 Å². The summed E-state index contributed by atoms with van der Waals surface area (Å²) >= 11 is 3.73. The van der Waals surface area contributed by atoms with Crippen LogP contribution in [0.3, 0.4) is 0 Å². The van der Waals surface area contributed by atoms with E-state index in [2.05, 4.69) is 96.8 Å². The SMILES string of the molecule is CC1CC(c2c(C#N)cccc2N2C3=C(C=CCC3)C3C=CC=CC32)=Cc2c1sc1ccc3c4cc(C#N)ccc4sc3c21. The number of nitriles is 2. The summed E-state index contributed by atoms with van der Waals surface area (Å²) in [5.41, 5.74) is 9.02. The number of nitrogens with zero attached hydrogens (tertiary/aromatic N) is 3. The zero-order valence-electron chi connectivity index (χ0n) is 24.2. The van der Waals surface area contributed by atoms with E-state index in [4.69, 9.17) is 0 Å². The molecular weight excluding hydrogens is 575 g/mol. The van der Waals surface area contributed by atoms with E-state index in [0.717, 1.165) is 41.5 Å². The molecule has 5 heteroatoms. The van der Waals surface area contributed by atoms with Crippen molar-refractivity contribution >= 4 is 70.3 Å². The minimum atomic E-state index is 0.219. The third kappa shape index (κ3) is 3.58. The van der Waals surface area contributed by atoms with Gasteiger partial charge < -0.3 is 4.90 Å². The first-order chi connectivity index (χ1) is 21.6. The van der Waals surface area contributed by atoms with E-state index in [1.165, 1.54) is 52.2 Å². The Bertz CT molecular complexity index is 2320. The lowest BCUT2D eigenvalue weighted by molar-refractivity contribution is 0.680. The number of anilines is 1. The summed E-state index contributed by atoms with van der Waals surface area (Å²) in [6.07, 6.45) is 19.0. The number of hydrogen-bond donors (Lipinski definition) is 0. The molecule has 0 bridgehead atoms. The highest BCUT2D eigenvalue weighted by Gasteiger charge is 2.40. The maximum Gasteiger partial charge on any atom is 0.0998 e. The zero-order chi connectivity index (χ0) is 29.5. The topological polar surface area (TPSA) is 50.8 Å². The van der Waals surface area contributed by atoms with E-state index in [1.54, 1.807) is 0 Å². The van der Waals surface area contributed by atoms with Gasteiger partial charge in [0.1, 0.15) is 0 Å². The molecule has 3 heterocycles. The maximum absolute atomic E-state index is 10.5. The number of hydrogen-bond acceptors (Lipinski definition) is 5. The number of thiophene rings is 2. The summed E-state index contributed by atoms with van der Waals surface area (Å²) in [5.74, 6) is 0.674. The van der Waals surface area contributed by atoms with Crippen molar-refractivity contribution in [1.82, 2.24) is 0 Å². The Morgan fingerprint density at radius 1 is 0.932 bits per heavy atom. The molecule has 3 unspecified atom stereocenters. The van der Waals surface area contributed by atoms with Crippen LogP contribution in [0.5, 0.6) is 0 Å². The zero-order valence-corrected chi connectivity index (χ0v) is 25.8. The summed E-state index contributed by atoms with van der Waals surface area (Å²) in [6, 6.07) is 21.9. The number of benzene rings is 3. The quantitative estimate of drug-likeness (QED) is 0.202. The largest absolute Gasteiger partial charge is 0.336 e. The van der Waals surface area contributed by atoms with Gasteiger partial charge in [0.2, 0.25) is 0 Å². The molecule has 2 aromatic heterocycles.